The molecule has 202 valence electrons. The molecule has 7 rings (SSSR count). The SMILES string of the molecule is C/C=C\c1c(N)sc2c(N(c3ccc(-c4ccccc4)cc3)c3ccc4cc(-c5ccccc5)ccc4c3)cccc12. The number of thiophene rings is 1. The van der Waals surface area contributed by atoms with Crippen molar-refractivity contribution in [1.29, 1.82) is 0 Å². The van der Waals surface area contributed by atoms with Crippen molar-refractivity contribution in [2.45, 2.75) is 6.92 Å². The van der Waals surface area contributed by atoms with Crippen molar-refractivity contribution in [2.75, 3.05) is 10.6 Å². The number of hydrogen-bond donors (Lipinski definition) is 1. The molecule has 0 aliphatic rings. The van der Waals surface area contributed by atoms with Crippen LogP contribution in [-0.4, -0.2) is 0 Å². The number of rotatable bonds is 6. The van der Waals surface area contributed by atoms with E-state index in [-0.39, 0.29) is 0 Å². The number of anilines is 4. The molecule has 2 N–H and O–H groups in total. The van der Waals surface area contributed by atoms with Gasteiger partial charge in [-0.15, -0.1) is 11.3 Å². The fourth-order valence-corrected chi connectivity index (χ4v) is 6.76. The molecule has 7 aromatic rings. The smallest absolute Gasteiger partial charge is 0.0943 e. The summed E-state index contributed by atoms with van der Waals surface area (Å²) in [5.74, 6) is 0. The number of hydrogen-bond acceptors (Lipinski definition) is 3. The van der Waals surface area contributed by atoms with Gasteiger partial charge in [-0.05, 0) is 76.3 Å². The van der Waals surface area contributed by atoms with Crippen molar-refractivity contribution in [3.8, 4) is 22.3 Å². The summed E-state index contributed by atoms with van der Waals surface area (Å²) in [7, 11) is 0. The van der Waals surface area contributed by atoms with Crippen molar-refractivity contribution in [3.05, 3.63) is 151 Å². The largest absolute Gasteiger partial charge is 0.390 e. The summed E-state index contributed by atoms with van der Waals surface area (Å²) in [5, 5.41) is 4.42. The van der Waals surface area contributed by atoms with E-state index in [0.717, 1.165) is 27.6 Å². The standard InChI is InChI=1S/C39H30N2S/c1-2-10-36-35-15-9-16-37(38(35)42-39(36)40)41(33-22-19-29(20-23-33)27-11-5-3-6-12-27)34-24-21-31-25-30(17-18-32(31)26-34)28-13-7-4-8-14-28/h2-26H,40H2,1H3/b10-2-. The van der Waals surface area contributed by atoms with E-state index in [1.54, 1.807) is 11.3 Å². The predicted molar refractivity (Wildman–Crippen MR) is 184 cm³/mol. The maximum absolute atomic E-state index is 6.56. The minimum Gasteiger partial charge on any atom is -0.390 e. The average Bonchev–Trinajstić information content (AvgIpc) is 3.37. The lowest BCUT2D eigenvalue weighted by Crippen LogP contribution is -2.10. The Morgan fingerprint density at radius 1 is 0.571 bits per heavy atom. The van der Waals surface area contributed by atoms with E-state index >= 15 is 0 Å². The van der Waals surface area contributed by atoms with Crippen LogP contribution in [0.2, 0.25) is 0 Å². The van der Waals surface area contributed by atoms with Gasteiger partial charge in [0.25, 0.3) is 0 Å². The molecule has 0 amide bonds. The first-order valence-electron chi connectivity index (χ1n) is 14.2. The zero-order valence-corrected chi connectivity index (χ0v) is 24.2. The Kier molecular flexibility index (Phi) is 6.79. The third-order valence-corrected chi connectivity index (χ3v) is 8.83. The second kappa shape index (κ2) is 11.0. The molecular weight excluding hydrogens is 529 g/mol. The van der Waals surface area contributed by atoms with Crippen molar-refractivity contribution >= 4 is 60.3 Å². The molecule has 0 aliphatic heterocycles. The van der Waals surface area contributed by atoms with Crippen LogP contribution in [0, 0.1) is 0 Å². The molecule has 0 saturated heterocycles. The normalized spacial score (nSPS) is 11.5. The molecular formula is C39H30N2S. The highest BCUT2D eigenvalue weighted by Crippen LogP contribution is 2.45. The van der Waals surface area contributed by atoms with E-state index in [9.17, 15) is 0 Å². The third kappa shape index (κ3) is 4.74. The molecule has 0 unspecified atom stereocenters. The van der Waals surface area contributed by atoms with E-state index in [2.05, 4.69) is 157 Å². The molecule has 0 bridgehead atoms. The van der Waals surface area contributed by atoms with Gasteiger partial charge in [-0.1, -0.05) is 115 Å². The number of nitrogen functional groups attached to an aromatic ring is 1. The van der Waals surface area contributed by atoms with E-state index < -0.39 is 0 Å². The molecule has 0 spiro atoms. The van der Waals surface area contributed by atoms with E-state index in [0.29, 0.717) is 0 Å². The Hall–Kier alpha value is -5.12. The van der Waals surface area contributed by atoms with E-state index in [4.69, 9.17) is 5.73 Å². The summed E-state index contributed by atoms with van der Waals surface area (Å²) < 4.78 is 1.18. The molecule has 0 atom stereocenters. The molecule has 2 nitrogen and oxygen atoms in total. The fraction of sp³-hybridized carbons (Fsp3) is 0.0256. The van der Waals surface area contributed by atoms with Gasteiger partial charge in [0.1, 0.15) is 0 Å². The fourth-order valence-electron chi connectivity index (χ4n) is 5.70. The van der Waals surface area contributed by atoms with Gasteiger partial charge in [-0.25, -0.2) is 0 Å². The number of nitrogens with two attached hydrogens (primary N) is 1. The lowest BCUT2D eigenvalue weighted by Gasteiger charge is -2.26. The Bertz CT molecular complexity index is 2040. The summed E-state index contributed by atoms with van der Waals surface area (Å²) in [4.78, 5) is 2.36. The lowest BCUT2D eigenvalue weighted by molar-refractivity contribution is 1.31. The van der Waals surface area contributed by atoms with Crippen LogP contribution in [0.3, 0.4) is 0 Å². The third-order valence-electron chi connectivity index (χ3n) is 7.76. The van der Waals surface area contributed by atoms with Crippen LogP contribution in [0.5, 0.6) is 0 Å². The monoisotopic (exact) mass is 558 g/mol. The number of allylic oxidation sites excluding steroid dienone is 1. The highest BCUT2D eigenvalue weighted by atomic mass is 32.1. The molecule has 6 aromatic carbocycles. The minimum atomic E-state index is 0.835. The van der Waals surface area contributed by atoms with Crippen molar-refractivity contribution in [1.82, 2.24) is 0 Å². The number of fused-ring (bicyclic) bond motifs is 2. The Morgan fingerprint density at radius 2 is 1.17 bits per heavy atom. The Balaban J connectivity index is 1.39. The Labute approximate surface area is 250 Å². The molecule has 42 heavy (non-hydrogen) atoms. The van der Waals surface area contributed by atoms with Crippen LogP contribution < -0.4 is 10.6 Å². The van der Waals surface area contributed by atoms with Crippen LogP contribution in [0.1, 0.15) is 12.5 Å². The predicted octanol–water partition coefficient (Wildman–Crippen LogP) is 11.5. The lowest BCUT2D eigenvalue weighted by atomic mass is 10.0. The Morgan fingerprint density at radius 3 is 1.88 bits per heavy atom. The topological polar surface area (TPSA) is 29.3 Å². The highest BCUT2D eigenvalue weighted by molar-refractivity contribution is 7.23. The second-order valence-corrected chi connectivity index (χ2v) is 11.4. The van der Waals surface area contributed by atoms with Gasteiger partial charge in [-0.2, -0.15) is 0 Å². The molecule has 0 radical (unpaired) electrons. The molecule has 0 saturated carbocycles. The van der Waals surface area contributed by atoms with Gasteiger partial charge in [0.2, 0.25) is 0 Å². The molecule has 1 aromatic heterocycles. The number of benzene rings is 6. The molecule has 3 heteroatoms. The van der Waals surface area contributed by atoms with Crippen molar-refractivity contribution in [2.24, 2.45) is 0 Å². The van der Waals surface area contributed by atoms with Gasteiger partial charge in [0.15, 0.2) is 0 Å². The van der Waals surface area contributed by atoms with Crippen LogP contribution in [0.25, 0.3) is 49.2 Å². The van der Waals surface area contributed by atoms with Crippen molar-refractivity contribution in [3.63, 3.8) is 0 Å². The van der Waals surface area contributed by atoms with Gasteiger partial charge in [-0.3, -0.25) is 0 Å². The van der Waals surface area contributed by atoms with Crippen LogP contribution in [0.15, 0.2) is 146 Å². The average molecular weight is 559 g/mol. The first kappa shape index (κ1) is 25.8. The minimum absolute atomic E-state index is 0.835. The number of nitrogens with zero attached hydrogens (tertiary/aromatic N) is 1. The summed E-state index contributed by atoms with van der Waals surface area (Å²) in [5.41, 5.74) is 15.8. The van der Waals surface area contributed by atoms with E-state index in [1.165, 1.54) is 43.1 Å². The molecule has 1 heterocycles. The molecule has 0 fully saturated rings. The van der Waals surface area contributed by atoms with Crippen LogP contribution in [-0.2, 0) is 0 Å². The van der Waals surface area contributed by atoms with Gasteiger partial charge in [0.05, 0.1) is 15.4 Å². The highest BCUT2D eigenvalue weighted by Gasteiger charge is 2.19. The summed E-state index contributed by atoms with van der Waals surface area (Å²) in [6, 6.07) is 49.9. The summed E-state index contributed by atoms with van der Waals surface area (Å²) in [6.45, 7) is 2.03. The summed E-state index contributed by atoms with van der Waals surface area (Å²) >= 11 is 1.65. The second-order valence-electron chi connectivity index (χ2n) is 10.4. The maximum Gasteiger partial charge on any atom is 0.0943 e. The van der Waals surface area contributed by atoms with Crippen LogP contribution in [0.4, 0.5) is 22.1 Å². The first-order chi connectivity index (χ1) is 20.7. The quantitative estimate of drug-likeness (QED) is 0.220. The van der Waals surface area contributed by atoms with Crippen LogP contribution >= 0.6 is 11.3 Å². The maximum atomic E-state index is 6.56. The van der Waals surface area contributed by atoms with Gasteiger partial charge >= 0.3 is 0 Å². The zero-order valence-electron chi connectivity index (χ0n) is 23.4. The summed E-state index contributed by atoms with van der Waals surface area (Å²) in [6.07, 6.45) is 4.16. The van der Waals surface area contributed by atoms with Crippen molar-refractivity contribution < 1.29 is 0 Å². The van der Waals surface area contributed by atoms with E-state index in [1.807, 2.05) is 6.92 Å². The zero-order chi connectivity index (χ0) is 28.5. The van der Waals surface area contributed by atoms with Gasteiger partial charge < -0.3 is 10.6 Å². The molecule has 0 aliphatic carbocycles. The first-order valence-corrected chi connectivity index (χ1v) is 15.0. The van der Waals surface area contributed by atoms with Gasteiger partial charge in [0, 0.05) is 22.3 Å².